The maximum absolute atomic E-state index is 12.0. The zero-order chi connectivity index (χ0) is 14.3. The van der Waals surface area contributed by atoms with Gasteiger partial charge in [0.05, 0.1) is 12.0 Å². The number of nitrogens with one attached hydrogen (secondary N) is 2. The van der Waals surface area contributed by atoms with Crippen molar-refractivity contribution in [1.29, 1.82) is 0 Å². The number of aryl methyl sites for hydroxylation is 1. The summed E-state index contributed by atoms with van der Waals surface area (Å²) in [5.41, 5.74) is 0.800. The number of sulfonamides is 1. The van der Waals surface area contributed by atoms with Gasteiger partial charge in [-0.05, 0) is 43.7 Å². The van der Waals surface area contributed by atoms with E-state index < -0.39 is 10.0 Å². The van der Waals surface area contributed by atoms with Crippen molar-refractivity contribution in [3.8, 4) is 5.75 Å². The molecule has 1 aromatic carbocycles. The van der Waals surface area contributed by atoms with E-state index in [1.165, 1.54) is 0 Å². The number of hydrogen-bond acceptors (Lipinski definition) is 4. The second-order valence-electron chi connectivity index (χ2n) is 4.28. The topological polar surface area (TPSA) is 67.4 Å². The van der Waals surface area contributed by atoms with E-state index in [2.05, 4.69) is 17.0 Å². The Hall–Kier alpha value is -1.11. The van der Waals surface area contributed by atoms with Gasteiger partial charge in [0.25, 0.3) is 0 Å². The highest BCUT2D eigenvalue weighted by atomic mass is 32.2. The van der Waals surface area contributed by atoms with Crippen LogP contribution < -0.4 is 14.8 Å². The molecule has 0 aromatic heterocycles. The van der Waals surface area contributed by atoms with E-state index in [1.807, 2.05) is 6.92 Å². The number of benzene rings is 1. The molecule has 0 aliphatic heterocycles. The van der Waals surface area contributed by atoms with Crippen molar-refractivity contribution >= 4 is 10.0 Å². The minimum atomic E-state index is -3.44. The minimum absolute atomic E-state index is 0.265. The summed E-state index contributed by atoms with van der Waals surface area (Å²) in [6.45, 7) is 5.79. The predicted molar refractivity (Wildman–Crippen MR) is 76.1 cm³/mol. The zero-order valence-corrected chi connectivity index (χ0v) is 12.5. The fourth-order valence-electron chi connectivity index (χ4n) is 1.68. The average molecular weight is 286 g/mol. The van der Waals surface area contributed by atoms with Crippen LogP contribution in [0.25, 0.3) is 0 Å². The van der Waals surface area contributed by atoms with Gasteiger partial charge >= 0.3 is 0 Å². The lowest BCUT2D eigenvalue weighted by Crippen LogP contribution is -2.32. The molecule has 1 aromatic rings. The Morgan fingerprint density at radius 1 is 1.21 bits per heavy atom. The molecular weight excluding hydrogens is 264 g/mol. The molecule has 0 aliphatic carbocycles. The number of hydrogen-bond donors (Lipinski definition) is 2. The van der Waals surface area contributed by atoms with Gasteiger partial charge in [-0.3, -0.25) is 0 Å². The number of rotatable bonds is 8. The van der Waals surface area contributed by atoms with Gasteiger partial charge in [0.2, 0.25) is 10.0 Å². The highest BCUT2D eigenvalue weighted by Crippen LogP contribution is 2.20. The van der Waals surface area contributed by atoms with E-state index in [9.17, 15) is 8.42 Å². The Bertz CT molecular complexity index is 501. The van der Waals surface area contributed by atoms with Gasteiger partial charge in [-0.15, -0.1) is 0 Å². The second kappa shape index (κ2) is 7.47. The van der Waals surface area contributed by atoms with E-state index in [1.54, 1.807) is 25.3 Å². The molecule has 0 saturated heterocycles. The van der Waals surface area contributed by atoms with Crippen LogP contribution in [-0.2, 0) is 10.0 Å². The molecule has 6 heteroatoms. The molecule has 0 fully saturated rings. The van der Waals surface area contributed by atoms with Crippen LogP contribution in [0.5, 0.6) is 5.75 Å². The first-order valence-electron chi connectivity index (χ1n) is 6.36. The van der Waals surface area contributed by atoms with E-state index in [4.69, 9.17) is 4.74 Å². The maximum atomic E-state index is 12.0. The van der Waals surface area contributed by atoms with Crippen LogP contribution in [0.4, 0.5) is 0 Å². The van der Waals surface area contributed by atoms with Gasteiger partial charge < -0.3 is 10.1 Å². The highest BCUT2D eigenvalue weighted by molar-refractivity contribution is 7.89. The SMILES string of the molecule is CCCNCCNS(=O)(=O)c1ccc(OC)c(C)c1. The molecule has 0 bridgehead atoms. The van der Waals surface area contributed by atoms with Gasteiger partial charge in [0, 0.05) is 13.1 Å². The summed E-state index contributed by atoms with van der Waals surface area (Å²) in [6, 6.07) is 4.83. The Balaban J connectivity index is 2.64. The first-order chi connectivity index (χ1) is 9.01. The first-order valence-corrected chi connectivity index (χ1v) is 7.84. The third-order valence-electron chi connectivity index (χ3n) is 2.70. The largest absolute Gasteiger partial charge is 0.496 e. The molecule has 2 N–H and O–H groups in total. The van der Waals surface area contributed by atoms with Gasteiger partial charge in [-0.2, -0.15) is 0 Å². The third-order valence-corrected chi connectivity index (χ3v) is 4.16. The standard InChI is InChI=1S/C13H22N2O3S/c1-4-7-14-8-9-15-19(16,17)12-5-6-13(18-3)11(2)10-12/h5-6,10,14-15H,4,7-9H2,1-3H3. The third kappa shape index (κ3) is 4.81. The molecule has 0 saturated carbocycles. The van der Waals surface area contributed by atoms with Crippen molar-refractivity contribution in [2.75, 3.05) is 26.7 Å². The Morgan fingerprint density at radius 2 is 1.95 bits per heavy atom. The van der Waals surface area contributed by atoms with Crippen molar-refractivity contribution in [2.24, 2.45) is 0 Å². The lowest BCUT2D eigenvalue weighted by Gasteiger charge is -2.10. The van der Waals surface area contributed by atoms with Crippen molar-refractivity contribution < 1.29 is 13.2 Å². The summed E-state index contributed by atoms with van der Waals surface area (Å²) in [6.07, 6.45) is 1.03. The fraction of sp³-hybridized carbons (Fsp3) is 0.538. The molecule has 1 rings (SSSR count). The average Bonchev–Trinajstić information content (AvgIpc) is 2.38. The normalized spacial score (nSPS) is 11.5. The molecule has 0 radical (unpaired) electrons. The fourth-order valence-corrected chi connectivity index (χ4v) is 2.79. The predicted octanol–water partition coefficient (Wildman–Crippen LogP) is 1.28. The van der Waals surface area contributed by atoms with Crippen molar-refractivity contribution in [1.82, 2.24) is 10.0 Å². The first kappa shape index (κ1) is 15.9. The molecule has 108 valence electrons. The maximum Gasteiger partial charge on any atom is 0.240 e. The van der Waals surface area contributed by atoms with E-state index in [-0.39, 0.29) is 4.90 Å². The van der Waals surface area contributed by atoms with E-state index >= 15 is 0 Å². The summed E-state index contributed by atoms with van der Waals surface area (Å²) in [5, 5.41) is 3.14. The molecule has 0 amide bonds. The molecule has 5 nitrogen and oxygen atoms in total. The lowest BCUT2D eigenvalue weighted by molar-refractivity contribution is 0.411. The van der Waals surface area contributed by atoms with Gasteiger partial charge in [0.1, 0.15) is 5.75 Å². The Morgan fingerprint density at radius 3 is 2.53 bits per heavy atom. The summed E-state index contributed by atoms with van der Waals surface area (Å²) in [7, 11) is -1.88. The van der Waals surface area contributed by atoms with Crippen molar-refractivity contribution in [3.63, 3.8) is 0 Å². The molecule has 0 unspecified atom stereocenters. The van der Waals surface area contributed by atoms with Crippen LogP contribution in [-0.4, -0.2) is 35.2 Å². The van der Waals surface area contributed by atoms with Crippen LogP contribution >= 0.6 is 0 Å². The Labute approximate surface area is 115 Å². The number of ether oxygens (including phenoxy) is 1. The van der Waals surface area contributed by atoms with Crippen LogP contribution in [0.2, 0.25) is 0 Å². The molecule has 0 aliphatic rings. The van der Waals surface area contributed by atoms with Crippen LogP contribution in [0.15, 0.2) is 23.1 Å². The van der Waals surface area contributed by atoms with Gasteiger partial charge in [0.15, 0.2) is 0 Å². The van der Waals surface area contributed by atoms with Crippen molar-refractivity contribution in [2.45, 2.75) is 25.2 Å². The van der Waals surface area contributed by atoms with Crippen LogP contribution in [0, 0.1) is 6.92 Å². The van der Waals surface area contributed by atoms with Crippen LogP contribution in [0.1, 0.15) is 18.9 Å². The molecule has 19 heavy (non-hydrogen) atoms. The molecular formula is C13H22N2O3S. The zero-order valence-electron chi connectivity index (χ0n) is 11.7. The number of methoxy groups -OCH3 is 1. The quantitative estimate of drug-likeness (QED) is 0.707. The van der Waals surface area contributed by atoms with Gasteiger partial charge in [-0.1, -0.05) is 6.92 Å². The summed E-state index contributed by atoms with van der Waals surface area (Å²) in [5.74, 6) is 0.684. The lowest BCUT2D eigenvalue weighted by atomic mass is 10.2. The van der Waals surface area contributed by atoms with E-state index in [0.29, 0.717) is 18.8 Å². The molecule has 0 atom stereocenters. The molecule has 0 heterocycles. The minimum Gasteiger partial charge on any atom is -0.496 e. The summed E-state index contributed by atoms with van der Waals surface area (Å²) >= 11 is 0. The van der Waals surface area contributed by atoms with Gasteiger partial charge in [-0.25, -0.2) is 13.1 Å². The van der Waals surface area contributed by atoms with E-state index in [0.717, 1.165) is 18.5 Å². The Kier molecular flexibility index (Phi) is 6.27. The highest BCUT2D eigenvalue weighted by Gasteiger charge is 2.14. The van der Waals surface area contributed by atoms with Crippen LogP contribution in [0.3, 0.4) is 0 Å². The molecule has 0 spiro atoms. The second-order valence-corrected chi connectivity index (χ2v) is 6.05. The smallest absolute Gasteiger partial charge is 0.240 e. The summed E-state index contributed by atoms with van der Waals surface area (Å²) < 4.78 is 31.8. The van der Waals surface area contributed by atoms with Crippen molar-refractivity contribution in [3.05, 3.63) is 23.8 Å². The summed E-state index contributed by atoms with van der Waals surface area (Å²) in [4.78, 5) is 0.265. The monoisotopic (exact) mass is 286 g/mol.